The van der Waals surface area contributed by atoms with Crippen LogP contribution in [0.2, 0.25) is 0 Å². The number of amides is 1. The predicted molar refractivity (Wildman–Crippen MR) is 85.9 cm³/mol. The average molecular weight is 331 g/mol. The number of carbonyl (C=O) groups is 2. The number of carboxylic acids is 1. The van der Waals surface area contributed by atoms with Crippen LogP contribution in [0.15, 0.2) is 16.8 Å². The number of carbonyl (C=O) groups excluding carboxylic acids is 1. The van der Waals surface area contributed by atoms with Crippen LogP contribution in [0, 0.1) is 0 Å². The molecule has 0 bridgehead atoms. The number of aliphatic carboxylic acids is 1. The number of carboxylic acid groups (broad SMARTS) is 1. The van der Waals surface area contributed by atoms with Crippen LogP contribution in [-0.4, -0.2) is 34.6 Å². The van der Waals surface area contributed by atoms with Gasteiger partial charge in [0.2, 0.25) is 0 Å². The highest BCUT2D eigenvalue weighted by molar-refractivity contribution is 7.98. The highest BCUT2D eigenvalue weighted by Crippen LogP contribution is 2.16. The maximum absolute atomic E-state index is 11.6. The van der Waals surface area contributed by atoms with Gasteiger partial charge in [-0.15, -0.1) is 0 Å². The molecule has 1 rings (SSSR count). The molecule has 0 spiro atoms. The normalized spacial score (nSPS) is 12.7. The van der Waals surface area contributed by atoms with Crippen LogP contribution in [0.3, 0.4) is 0 Å². The zero-order valence-electron chi connectivity index (χ0n) is 12.4. The molecule has 0 saturated carbocycles. The van der Waals surface area contributed by atoms with Crippen molar-refractivity contribution in [1.82, 2.24) is 5.32 Å². The summed E-state index contributed by atoms with van der Waals surface area (Å²) < 4.78 is 5.06. The zero-order chi connectivity index (χ0) is 15.9. The number of thioether (sulfide) groups is 1. The Bertz CT molecular complexity index is 454. The highest BCUT2D eigenvalue weighted by atomic mass is 32.2. The smallest absolute Gasteiger partial charge is 0.408 e. The standard InChI is InChI=1S/C14H21NO4S2/c1-14(2,3)19-13(18)15-11(12(16)17)5-7-21-9-10-4-6-20-8-10/h4,6,8,11H,5,7,9H2,1-3H3,(H,15,18)(H,16,17). The molecule has 1 heterocycles. The lowest BCUT2D eigenvalue weighted by molar-refractivity contribution is -0.139. The molecule has 1 amide bonds. The molecule has 1 atom stereocenters. The summed E-state index contributed by atoms with van der Waals surface area (Å²) in [6.45, 7) is 5.21. The lowest BCUT2D eigenvalue weighted by Crippen LogP contribution is -2.43. The summed E-state index contributed by atoms with van der Waals surface area (Å²) in [7, 11) is 0. The summed E-state index contributed by atoms with van der Waals surface area (Å²) in [4.78, 5) is 22.7. The number of nitrogens with one attached hydrogen (secondary N) is 1. The van der Waals surface area contributed by atoms with Crippen molar-refractivity contribution in [1.29, 1.82) is 0 Å². The van der Waals surface area contributed by atoms with Crippen LogP contribution in [0.5, 0.6) is 0 Å². The summed E-state index contributed by atoms with van der Waals surface area (Å²) in [5, 5.41) is 15.6. The molecule has 1 aromatic rings. The van der Waals surface area contributed by atoms with Gasteiger partial charge >= 0.3 is 12.1 Å². The Kier molecular flexibility index (Phi) is 7.04. The lowest BCUT2D eigenvalue weighted by Gasteiger charge is -2.21. The topological polar surface area (TPSA) is 75.6 Å². The maximum atomic E-state index is 11.6. The average Bonchev–Trinajstić information content (AvgIpc) is 2.83. The number of hydrogen-bond acceptors (Lipinski definition) is 5. The van der Waals surface area contributed by atoms with Crippen molar-refractivity contribution in [3.05, 3.63) is 22.4 Å². The van der Waals surface area contributed by atoms with Crippen LogP contribution in [0.1, 0.15) is 32.8 Å². The largest absolute Gasteiger partial charge is 0.480 e. The van der Waals surface area contributed by atoms with E-state index in [1.165, 1.54) is 5.56 Å². The summed E-state index contributed by atoms with van der Waals surface area (Å²) in [5.74, 6) is 0.460. The minimum atomic E-state index is -1.04. The molecule has 1 unspecified atom stereocenters. The van der Waals surface area contributed by atoms with Gasteiger partial charge in [0.05, 0.1) is 0 Å². The van der Waals surface area contributed by atoms with E-state index < -0.39 is 23.7 Å². The number of hydrogen-bond donors (Lipinski definition) is 2. The van der Waals surface area contributed by atoms with E-state index in [2.05, 4.69) is 10.7 Å². The van der Waals surface area contributed by atoms with E-state index in [-0.39, 0.29) is 0 Å². The number of ether oxygens (including phenoxy) is 1. The van der Waals surface area contributed by atoms with E-state index in [0.717, 1.165) is 5.75 Å². The highest BCUT2D eigenvalue weighted by Gasteiger charge is 2.23. The third-order valence-corrected chi connectivity index (χ3v) is 4.18. The van der Waals surface area contributed by atoms with Gasteiger partial charge in [0.1, 0.15) is 11.6 Å². The van der Waals surface area contributed by atoms with Crippen LogP contribution in [0.25, 0.3) is 0 Å². The quantitative estimate of drug-likeness (QED) is 0.749. The first kappa shape index (κ1) is 17.8. The predicted octanol–water partition coefficient (Wildman–Crippen LogP) is 3.35. The molecule has 0 aliphatic carbocycles. The Morgan fingerprint density at radius 2 is 2.19 bits per heavy atom. The first-order valence-corrected chi connectivity index (χ1v) is 8.69. The van der Waals surface area contributed by atoms with Gasteiger partial charge < -0.3 is 15.2 Å². The molecule has 7 heteroatoms. The number of thiophene rings is 1. The summed E-state index contributed by atoms with van der Waals surface area (Å²) in [6, 6.07) is 1.13. The second-order valence-corrected chi connectivity index (χ2v) is 7.40. The fourth-order valence-electron chi connectivity index (χ4n) is 1.47. The fraction of sp³-hybridized carbons (Fsp3) is 0.571. The maximum Gasteiger partial charge on any atom is 0.408 e. The van der Waals surface area contributed by atoms with Crippen molar-refractivity contribution in [3.8, 4) is 0 Å². The van der Waals surface area contributed by atoms with Gasteiger partial charge in [0.25, 0.3) is 0 Å². The van der Waals surface area contributed by atoms with Gasteiger partial charge in [-0.3, -0.25) is 0 Å². The first-order valence-electron chi connectivity index (χ1n) is 6.59. The van der Waals surface area contributed by atoms with Gasteiger partial charge in [0.15, 0.2) is 0 Å². The molecule has 118 valence electrons. The Labute approximate surface area is 133 Å². The Balaban J connectivity index is 2.32. The molecule has 0 radical (unpaired) electrons. The number of rotatable bonds is 7. The third-order valence-electron chi connectivity index (χ3n) is 2.39. The Morgan fingerprint density at radius 1 is 1.48 bits per heavy atom. The van der Waals surface area contributed by atoms with Gasteiger partial charge in [-0.1, -0.05) is 0 Å². The third kappa shape index (κ3) is 7.96. The van der Waals surface area contributed by atoms with Gasteiger partial charge in [0, 0.05) is 5.75 Å². The molecule has 0 saturated heterocycles. The van der Waals surface area contributed by atoms with E-state index in [9.17, 15) is 9.59 Å². The van der Waals surface area contributed by atoms with Crippen molar-refractivity contribution in [3.63, 3.8) is 0 Å². The molecule has 2 N–H and O–H groups in total. The van der Waals surface area contributed by atoms with E-state index in [0.29, 0.717) is 12.2 Å². The minimum Gasteiger partial charge on any atom is -0.480 e. The second-order valence-electron chi connectivity index (χ2n) is 5.51. The van der Waals surface area contributed by atoms with Crippen molar-refractivity contribution < 1.29 is 19.4 Å². The van der Waals surface area contributed by atoms with Crippen LogP contribution in [0.4, 0.5) is 4.79 Å². The molecule has 0 aliphatic rings. The van der Waals surface area contributed by atoms with Crippen molar-refractivity contribution in [2.24, 2.45) is 0 Å². The molecule has 0 aromatic carbocycles. The van der Waals surface area contributed by atoms with Crippen molar-refractivity contribution in [2.45, 2.75) is 44.6 Å². The molecule has 21 heavy (non-hydrogen) atoms. The van der Waals surface area contributed by atoms with Crippen LogP contribution >= 0.6 is 23.1 Å². The lowest BCUT2D eigenvalue weighted by atomic mass is 10.2. The minimum absolute atomic E-state index is 0.364. The van der Waals surface area contributed by atoms with Gasteiger partial charge in [-0.25, -0.2) is 9.59 Å². The fourth-order valence-corrected chi connectivity index (χ4v) is 3.21. The molecule has 1 aromatic heterocycles. The number of alkyl carbamates (subject to hydrolysis) is 1. The van der Waals surface area contributed by atoms with Gasteiger partial charge in [-0.2, -0.15) is 23.1 Å². The van der Waals surface area contributed by atoms with Crippen LogP contribution in [-0.2, 0) is 15.3 Å². The van der Waals surface area contributed by atoms with Gasteiger partial charge in [-0.05, 0) is 55.3 Å². The summed E-state index contributed by atoms with van der Waals surface area (Å²) >= 11 is 3.29. The van der Waals surface area contributed by atoms with Crippen molar-refractivity contribution >= 4 is 35.2 Å². The first-order chi connectivity index (χ1) is 9.78. The van der Waals surface area contributed by atoms with E-state index in [4.69, 9.17) is 9.84 Å². The second kappa shape index (κ2) is 8.29. The molecule has 5 nitrogen and oxygen atoms in total. The Hall–Kier alpha value is -1.21. The SMILES string of the molecule is CC(C)(C)OC(=O)NC(CCSCc1ccsc1)C(=O)O. The molecule has 0 fully saturated rings. The van der Waals surface area contributed by atoms with E-state index >= 15 is 0 Å². The van der Waals surface area contributed by atoms with E-state index in [1.54, 1.807) is 43.9 Å². The molecule has 0 aliphatic heterocycles. The molecular weight excluding hydrogens is 310 g/mol. The van der Waals surface area contributed by atoms with Crippen LogP contribution < -0.4 is 5.32 Å². The van der Waals surface area contributed by atoms with Crippen molar-refractivity contribution in [2.75, 3.05) is 5.75 Å². The van der Waals surface area contributed by atoms with E-state index in [1.807, 2.05) is 11.4 Å². The zero-order valence-corrected chi connectivity index (χ0v) is 14.1. The monoisotopic (exact) mass is 331 g/mol. The molecular formula is C14H21NO4S2. The summed E-state index contributed by atoms with van der Waals surface area (Å²) in [5.41, 5.74) is 0.595. The Morgan fingerprint density at radius 3 is 2.71 bits per heavy atom. The summed E-state index contributed by atoms with van der Waals surface area (Å²) in [6.07, 6.45) is -0.332.